The van der Waals surface area contributed by atoms with Crippen LogP contribution < -0.4 is 11.2 Å². The van der Waals surface area contributed by atoms with E-state index in [-0.39, 0.29) is 17.9 Å². The molecular weight excluding hydrogens is 440 g/mol. The number of hydrogen-bond acceptors (Lipinski definition) is 5. The number of aromatic nitrogens is 4. The van der Waals surface area contributed by atoms with Crippen LogP contribution in [0.15, 0.2) is 38.3 Å². The zero-order chi connectivity index (χ0) is 21.1. The Hall–Kier alpha value is -2.68. The topological polar surface area (TPSA) is 88.1 Å². The lowest BCUT2D eigenvalue weighted by Gasteiger charge is -2.10. The Morgan fingerprint density at radius 3 is 2.66 bits per heavy atom. The maximum atomic E-state index is 12.9. The van der Waals surface area contributed by atoms with Crippen molar-refractivity contribution in [2.45, 2.75) is 32.7 Å². The molecule has 0 saturated carbocycles. The van der Waals surface area contributed by atoms with Gasteiger partial charge in [0.1, 0.15) is 5.82 Å². The number of esters is 1. The number of halogens is 1. The molecule has 0 saturated heterocycles. The number of hydrogen-bond donors (Lipinski definition) is 0. The molecule has 0 bridgehead atoms. The number of fused-ring (bicyclic) bond motifs is 1. The van der Waals surface area contributed by atoms with Crippen molar-refractivity contribution in [3.63, 3.8) is 0 Å². The highest BCUT2D eigenvalue weighted by atomic mass is 79.9. The van der Waals surface area contributed by atoms with E-state index in [0.29, 0.717) is 43.0 Å². The highest BCUT2D eigenvalue weighted by molar-refractivity contribution is 9.10. The number of carbonyl (C=O) groups is 1. The van der Waals surface area contributed by atoms with Crippen LogP contribution in [0.5, 0.6) is 0 Å². The third kappa shape index (κ3) is 4.34. The first kappa shape index (κ1) is 21.0. The molecule has 154 valence electrons. The largest absolute Gasteiger partial charge is 0.466 e. The van der Waals surface area contributed by atoms with Gasteiger partial charge in [0.15, 0.2) is 11.2 Å². The van der Waals surface area contributed by atoms with Crippen LogP contribution >= 0.6 is 15.9 Å². The van der Waals surface area contributed by atoms with Gasteiger partial charge in [-0.3, -0.25) is 18.7 Å². The van der Waals surface area contributed by atoms with Crippen LogP contribution in [0.1, 0.15) is 31.2 Å². The Morgan fingerprint density at radius 1 is 1.21 bits per heavy atom. The van der Waals surface area contributed by atoms with E-state index in [9.17, 15) is 14.4 Å². The smallest absolute Gasteiger partial charge is 0.332 e. The third-order valence-corrected chi connectivity index (χ3v) is 5.24. The molecule has 3 aromatic rings. The molecule has 0 aliphatic carbocycles. The highest BCUT2D eigenvalue weighted by Crippen LogP contribution is 2.18. The van der Waals surface area contributed by atoms with E-state index in [1.807, 2.05) is 28.8 Å². The first-order valence-corrected chi connectivity index (χ1v) is 10.2. The van der Waals surface area contributed by atoms with Crippen LogP contribution in [0.3, 0.4) is 0 Å². The Labute approximate surface area is 175 Å². The van der Waals surface area contributed by atoms with E-state index in [4.69, 9.17) is 4.74 Å². The molecule has 0 fully saturated rings. The summed E-state index contributed by atoms with van der Waals surface area (Å²) in [5.74, 6) is 0.396. The third-order valence-electron chi connectivity index (χ3n) is 4.74. The van der Waals surface area contributed by atoms with Crippen molar-refractivity contribution in [2.75, 3.05) is 6.61 Å². The summed E-state index contributed by atoms with van der Waals surface area (Å²) in [6.45, 7) is 2.54. The fourth-order valence-electron chi connectivity index (χ4n) is 3.29. The number of imidazole rings is 1. The summed E-state index contributed by atoms with van der Waals surface area (Å²) in [4.78, 5) is 41.4. The molecule has 0 atom stereocenters. The summed E-state index contributed by atoms with van der Waals surface area (Å²) in [6.07, 6.45) is 1.29. The SMILES string of the molecule is CCOC(=O)CCCc1nc2c(c(=O)n(C)c(=O)n2C)n1Cc1cccc(Br)c1. The van der Waals surface area contributed by atoms with Crippen molar-refractivity contribution in [3.8, 4) is 0 Å². The lowest BCUT2D eigenvalue weighted by atomic mass is 10.2. The van der Waals surface area contributed by atoms with Gasteiger partial charge in [-0.2, -0.15) is 0 Å². The number of rotatable bonds is 7. The quantitative estimate of drug-likeness (QED) is 0.501. The number of carbonyl (C=O) groups excluding carboxylic acids is 1. The lowest BCUT2D eigenvalue weighted by Crippen LogP contribution is -2.37. The molecule has 8 nitrogen and oxygen atoms in total. The summed E-state index contributed by atoms with van der Waals surface area (Å²) in [5, 5.41) is 0. The van der Waals surface area contributed by atoms with Gasteiger partial charge in [-0.1, -0.05) is 28.1 Å². The predicted octanol–water partition coefficient (Wildman–Crippen LogP) is 2.13. The van der Waals surface area contributed by atoms with Crippen LogP contribution in [-0.2, 0) is 36.6 Å². The van der Waals surface area contributed by atoms with Crippen LogP contribution in [0.25, 0.3) is 11.2 Å². The Balaban J connectivity index is 2.07. The number of aryl methyl sites for hydroxylation is 2. The van der Waals surface area contributed by atoms with Crippen LogP contribution in [-0.4, -0.2) is 31.3 Å². The van der Waals surface area contributed by atoms with E-state index < -0.39 is 5.69 Å². The van der Waals surface area contributed by atoms with Crippen molar-refractivity contribution in [1.29, 1.82) is 0 Å². The summed E-state index contributed by atoms with van der Waals surface area (Å²) >= 11 is 3.47. The molecule has 0 unspecified atom stereocenters. The fourth-order valence-corrected chi connectivity index (χ4v) is 3.74. The lowest BCUT2D eigenvalue weighted by molar-refractivity contribution is -0.143. The molecule has 29 heavy (non-hydrogen) atoms. The second-order valence-electron chi connectivity index (χ2n) is 6.78. The zero-order valence-corrected chi connectivity index (χ0v) is 18.2. The molecule has 0 radical (unpaired) electrons. The molecule has 0 spiro atoms. The molecule has 0 aliphatic rings. The fraction of sp³-hybridized carbons (Fsp3) is 0.400. The van der Waals surface area contributed by atoms with Crippen LogP contribution in [0.4, 0.5) is 0 Å². The van der Waals surface area contributed by atoms with Crippen molar-refractivity contribution in [1.82, 2.24) is 18.7 Å². The molecule has 9 heteroatoms. The summed E-state index contributed by atoms with van der Waals surface area (Å²) in [5.41, 5.74) is 0.899. The van der Waals surface area contributed by atoms with Gasteiger partial charge in [0.05, 0.1) is 6.61 Å². The zero-order valence-electron chi connectivity index (χ0n) is 16.6. The number of ether oxygens (including phenoxy) is 1. The molecule has 0 amide bonds. The monoisotopic (exact) mass is 462 g/mol. The van der Waals surface area contributed by atoms with Crippen molar-refractivity contribution >= 4 is 33.1 Å². The van der Waals surface area contributed by atoms with Gasteiger partial charge in [-0.05, 0) is 31.0 Å². The molecule has 0 N–H and O–H groups in total. The maximum Gasteiger partial charge on any atom is 0.332 e. The van der Waals surface area contributed by atoms with E-state index in [1.165, 1.54) is 11.6 Å². The van der Waals surface area contributed by atoms with Crippen molar-refractivity contribution < 1.29 is 9.53 Å². The Bertz CT molecular complexity index is 1180. The van der Waals surface area contributed by atoms with Gasteiger partial charge in [0.2, 0.25) is 0 Å². The molecule has 1 aromatic carbocycles. The van der Waals surface area contributed by atoms with Crippen LogP contribution in [0, 0.1) is 0 Å². The Morgan fingerprint density at radius 2 is 1.97 bits per heavy atom. The minimum atomic E-state index is -0.423. The van der Waals surface area contributed by atoms with E-state index >= 15 is 0 Å². The van der Waals surface area contributed by atoms with Crippen molar-refractivity contribution in [3.05, 3.63) is 61.0 Å². The minimum Gasteiger partial charge on any atom is -0.466 e. The average Bonchev–Trinajstić information content (AvgIpc) is 3.03. The summed E-state index contributed by atoms with van der Waals surface area (Å²) in [7, 11) is 3.06. The second-order valence-corrected chi connectivity index (χ2v) is 7.70. The van der Waals surface area contributed by atoms with Gasteiger partial charge in [-0.15, -0.1) is 0 Å². The van der Waals surface area contributed by atoms with Gasteiger partial charge in [0, 0.05) is 38.0 Å². The first-order valence-electron chi connectivity index (χ1n) is 9.38. The normalized spacial score (nSPS) is 11.2. The summed E-state index contributed by atoms with van der Waals surface area (Å²) < 4.78 is 10.2. The van der Waals surface area contributed by atoms with Gasteiger partial charge in [-0.25, -0.2) is 9.78 Å². The molecule has 3 rings (SSSR count). The maximum absolute atomic E-state index is 12.9. The molecular formula is C20H23BrN4O4. The molecule has 0 aliphatic heterocycles. The van der Waals surface area contributed by atoms with Gasteiger partial charge in [0.25, 0.3) is 5.56 Å². The van der Waals surface area contributed by atoms with Crippen LogP contribution in [0.2, 0.25) is 0 Å². The number of nitrogens with zero attached hydrogens (tertiary/aromatic N) is 4. The minimum absolute atomic E-state index is 0.259. The van der Waals surface area contributed by atoms with E-state index in [1.54, 1.807) is 14.0 Å². The van der Waals surface area contributed by atoms with E-state index in [0.717, 1.165) is 14.6 Å². The predicted molar refractivity (Wildman–Crippen MR) is 113 cm³/mol. The standard InChI is InChI=1S/C20H23BrN4O4/c1-4-29-16(26)10-6-9-15-22-18-17(19(27)24(3)20(28)23(18)2)25(15)12-13-7-5-8-14(21)11-13/h5,7-8,11H,4,6,9-10,12H2,1-3H3. The van der Waals surface area contributed by atoms with Gasteiger partial charge >= 0.3 is 11.7 Å². The molecule has 2 aromatic heterocycles. The summed E-state index contributed by atoms with van der Waals surface area (Å²) in [6, 6.07) is 7.79. The van der Waals surface area contributed by atoms with Crippen molar-refractivity contribution in [2.24, 2.45) is 14.1 Å². The van der Waals surface area contributed by atoms with E-state index in [2.05, 4.69) is 20.9 Å². The number of benzene rings is 1. The van der Waals surface area contributed by atoms with Gasteiger partial charge < -0.3 is 9.30 Å². The average molecular weight is 463 g/mol. The second kappa shape index (κ2) is 8.77. The first-order chi connectivity index (χ1) is 13.8. The Kier molecular flexibility index (Phi) is 6.36. The molecule has 2 heterocycles. The highest BCUT2D eigenvalue weighted by Gasteiger charge is 2.19.